The first kappa shape index (κ1) is 21.5. The van der Waals surface area contributed by atoms with Crippen LogP contribution in [0.15, 0.2) is 48.5 Å². The Morgan fingerprint density at radius 2 is 1.69 bits per heavy atom. The predicted molar refractivity (Wildman–Crippen MR) is 116 cm³/mol. The van der Waals surface area contributed by atoms with Gasteiger partial charge >= 0.3 is 5.97 Å². The summed E-state index contributed by atoms with van der Waals surface area (Å²) in [6.45, 7) is 0. The first-order valence-electron chi connectivity index (χ1n) is 10.6. The molecule has 1 saturated carbocycles. The molecule has 0 radical (unpaired) electrons. The largest absolute Gasteiger partial charge is 0.458 e. The highest BCUT2D eigenvalue weighted by Crippen LogP contribution is 2.44. The lowest BCUT2D eigenvalue weighted by Crippen LogP contribution is -2.43. The van der Waals surface area contributed by atoms with Crippen LogP contribution >= 0.6 is 0 Å². The van der Waals surface area contributed by atoms with Crippen molar-refractivity contribution in [3.63, 3.8) is 0 Å². The van der Waals surface area contributed by atoms with Crippen LogP contribution in [0, 0.1) is 16.0 Å². The zero-order chi connectivity index (χ0) is 22.7. The lowest BCUT2D eigenvalue weighted by Gasteiger charge is -2.36. The quantitative estimate of drug-likeness (QED) is 0.413. The van der Waals surface area contributed by atoms with Gasteiger partial charge in [0.25, 0.3) is 11.6 Å². The average Bonchev–Trinajstić information content (AvgIpc) is 3.10. The fourth-order valence-corrected chi connectivity index (χ4v) is 4.49. The minimum Gasteiger partial charge on any atom is -0.458 e. The zero-order valence-corrected chi connectivity index (χ0v) is 17.3. The van der Waals surface area contributed by atoms with E-state index in [2.05, 4.69) is 10.6 Å². The third-order valence-corrected chi connectivity index (χ3v) is 6.10. The van der Waals surface area contributed by atoms with Gasteiger partial charge in [0.2, 0.25) is 5.91 Å². The summed E-state index contributed by atoms with van der Waals surface area (Å²) in [6.07, 6.45) is 4.40. The van der Waals surface area contributed by atoms with Crippen LogP contribution in [0.2, 0.25) is 0 Å². The van der Waals surface area contributed by atoms with Gasteiger partial charge in [-0.05, 0) is 56.0 Å². The number of amides is 2. The molecule has 1 atom stereocenters. The lowest BCUT2D eigenvalue weighted by molar-refractivity contribution is -0.383. The Labute approximate surface area is 184 Å². The van der Waals surface area contributed by atoms with Gasteiger partial charge in [-0.25, -0.2) is 0 Å². The number of hydrogen-bond acceptors (Lipinski definition) is 6. The SMILES string of the molecule is O=C1CC(C(=O)Nc2ccc(C(=O)Nc3ccccc3[N+](=O)[O-])cc2)C2(CCCCC2)O1. The molecule has 1 saturated heterocycles. The van der Waals surface area contributed by atoms with Gasteiger partial charge in [-0.1, -0.05) is 18.6 Å². The number of esters is 1. The molecule has 9 heteroatoms. The van der Waals surface area contributed by atoms with Gasteiger partial charge in [-0.2, -0.15) is 0 Å². The molecular weight excluding hydrogens is 414 g/mol. The highest BCUT2D eigenvalue weighted by Gasteiger charge is 2.52. The van der Waals surface area contributed by atoms with Crippen molar-refractivity contribution in [3.05, 3.63) is 64.2 Å². The van der Waals surface area contributed by atoms with E-state index < -0.39 is 22.3 Å². The number of nitro groups is 1. The molecule has 0 bridgehead atoms. The molecule has 4 rings (SSSR count). The van der Waals surface area contributed by atoms with Crippen molar-refractivity contribution < 1.29 is 24.0 Å². The lowest BCUT2D eigenvalue weighted by atomic mass is 9.75. The number of carbonyl (C=O) groups excluding carboxylic acids is 3. The average molecular weight is 437 g/mol. The number of nitrogens with zero attached hydrogens (tertiary/aromatic N) is 1. The van der Waals surface area contributed by atoms with E-state index in [1.165, 1.54) is 30.3 Å². The van der Waals surface area contributed by atoms with Gasteiger partial charge < -0.3 is 15.4 Å². The van der Waals surface area contributed by atoms with E-state index in [0.29, 0.717) is 18.5 Å². The molecule has 0 aromatic heterocycles. The monoisotopic (exact) mass is 437 g/mol. The second-order valence-electron chi connectivity index (χ2n) is 8.15. The van der Waals surface area contributed by atoms with E-state index in [1.807, 2.05) is 0 Å². The summed E-state index contributed by atoms with van der Waals surface area (Å²) >= 11 is 0. The van der Waals surface area contributed by atoms with Crippen molar-refractivity contribution in [2.75, 3.05) is 10.6 Å². The third-order valence-electron chi connectivity index (χ3n) is 6.10. The molecule has 2 N–H and O–H groups in total. The van der Waals surface area contributed by atoms with Crippen molar-refractivity contribution in [2.24, 2.45) is 5.92 Å². The summed E-state index contributed by atoms with van der Waals surface area (Å²) in [6, 6.07) is 12.1. The van der Waals surface area contributed by atoms with E-state index >= 15 is 0 Å². The predicted octanol–water partition coefficient (Wildman–Crippen LogP) is 4.05. The molecule has 1 aliphatic heterocycles. The summed E-state index contributed by atoms with van der Waals surface area (Å²) in [5, 5.41) is 16.5. The van der Waals surface area contributed by atoms with Crippen LogP contribution < -0.4 is 10.6 Å². The number of nitrogens with one attached hydrogen (secondary N) is 2. The second-order valence-corrected chi connectivity index (χ2v) is 8.15. The Morgan fingerprint density at radius 1 is 1.00 bits per heavy atom. The Kier molecular flexibility index (Phi) is 5.89. The van der Waals surface area contributed by atoms with Crippen LogP contribution in [-0.4, -0.2) is 28.3 Å². The molecule has 32 heavy (non-hydrogen) atoms. The number of ether oxygens (including phenoxy) is 1. The molecule has 2 aromatic carbocycles. The maximum absolute atomic E-state index is 12.9. The van der Waals surface area contributed by atoms with Crippen LogP contribution in [0.1, 0.15) is 48.9 Å². The summed E-state index contributed by atoms with van der Waals surface area (Å²) in [4.78, 5) is 47.9. The highest BCUT2D eigenvalue weighted by atomic mass is 16.6. The van der Waals surface area contributed by atoms with Gasteiger partial charge in [-0.3, -0.25) is 24.5 Å². The zero-order valence-electron chi connectivity index (χ0n) is 17.3. The molecule has 2 aromatic rings. The molecular formula is C23H23N3O6. The van der Waals surface area contributed by atoms with Crippen LogP contribution in [-0.2, 0) is 14.3 Å². The number of benzene rings is 2. The Balaban J connectivity index is 1.43. The van der Waals surface area contributed by atoms with E-state index in [9.17, 15) is 24.5 Å². The summed E-state index contributed by atoms with van der Waals surface area (Å²) < 4.78 is 5.59. The van der Waals surface area contributed by atoms with Crippen LogP contribution in [0.4, 0.5) is 17.1 Å². The first-order valence-corrected chi connectivity index (χ1v) is 10.6. The summed E-state index contributed by atoms with van der Waals surface area (Å²) in [7, 11) is 0. The molecule has 2 amide bonds. The van der Waals surface area contributed by atoms with E-state index in [-0.39, 0.29) is 35.2 Å². The highest BCUT2D eigenvalue weighted by molar-refractivity contribution is 6.06. The van der Waals surface area contributed by atoms with E-state index in [1.54, 1.807) is 18.2 Å². The van der Waals surface area contributed by atoms with Crippen molar-refractivity contribution in [2.45, 2.75) is 44.1 Å². The second kappa shape index (κ2) is 8.78. The fourth-order valence-electron chi connectivity index (χ4n) is 4.49. The number of nitro benzene ring substituents is 1. The van der Waals surface area contributed by atoms with Gasteiger partial charge in [0.15, 0.2) is 0 Å². The number of anilines is 2. The van der Waals surface area contributed by atoms with Crippen molar-refractivity contribution >= 4 is 34.8 Å². The van der Waals surface area contributed by atoms with Gasteiger partial charge in [0, 0.05) is 17.3 Å². The van der Waals surface area contributed by atoms with Gasteiger partial charge in [0.05, 0.1) is 17.3 Å². The standard InChI is InChI=1S/C23H23N3O6/c27-20-14-17(23(32-20)12-4-1-5-13-23)22(29)24-16-10-8-15(9-11-16)21(28)25-18-6-2-3-7-19(18)26(30)31/h2-3,6-11,17H,1,4-5,12-14H2,(H,24,29)(H,25,28). The minimum absolute atomic E-state index is 0.0716. The molecule has 1 aliphatic carbocycles. The number of carbonyl (C=O) groups is 3. The number of hydrogen-bond donors (Lipinski definition) is 2. The molecule has 1 heterocycles. The van der Waals surface area contributed by atoms with Crippen LogP contribution in [0.3, 0.4) is 0 Å². The van der Waals surface area contributed by atoms with Crippen molar-refractivity contribution in [3.8, 4) is 0 Å². The van der Waals surface area contributed by atoms with Crippen LogP contribution in [0.5, 0.6) is 0 Å². The Morgan fingerprint density at radius 3 is 2.38 bits per heavy atom. The molecule has 1 unspecified atom stereocenters. The van der Waals surface area contributed by atoms with Crippen molar-refractivity contribution in [1.82, 2.24) is 0 Å². The van der Waals surface area contributed by atoms with Gasteiger partial charge in [-0.15, -0.1) is 0 Å². The summed E-state index contributed by atoms with van der Waals surface area (Å²) in [5.41, 5.74) is -0.0333. The Bertz CT molecular complexity index is 1060. The molecule has 2 aliphatic rings. The number of para-hydroxylation sites is 2. The van der Waals surface area contributed by atoms with Gasteiger partial charge in [0.1, 0.15) is 11.3 Å². The maximum atomic E-state index is 12.9. The fraction of sp³-hybridized carbons (Fsp3) is 0.348. The van der Waals surface area contributed by atoms with Crippen molar-refractivity contribution in [1.29, 1.82) is 0 Å². The molecule has 1 spiro atoms. The Hall–Kier alpha value is -3.75. The number of rotatable bonds is 5. The smallest absolute Gasteiger partial charge is 0.307 e. The topological polar surface area (TPSA) is 128 Å². The first-order chi connectivity index (χ1) is 15.4. The minimum atomic E-state index is -0.705. The van der Waals surface area contributed by atoms with E-state index in [0.717, 1.165) is 19.3 Å². The van der Waals surface area contributed by atoms with E-state index in [4.69, 9.17) is 4.74 Å². The maximum Gasteiger partial charge on any atom is 0.307 e. The molecule has 9 nitrogen and oxygen atoms in total. The molecule has 2 fully saturated rings. The normalized spacial score (nSPS) is 19.2. The summed E-state index contributed by atoms with van der Waals surface area (Å²) in [5.74, 6) is -1.64. The van der Waals surface area contributed by atoms with Crippen LogP contribution in [0.25, 0.3) is 0 Å². The molecule has 166 valence electrons. The third kappa shape index (κ3) is 4.32.